The van der Waals surface area contributed by atoms with E-state index in [-0.39, 0.29) is 19.6 Å². The summed E-state index contributed by atoms with van der Waals surface area (Å²) in [4.78, 5) is 11.2. The predicted octanol–water partition coefficient (Wildman–Crippen LogP) is 4.32. The molecule has 0 atom stereocenters. The minimum absolute atomic E-state index is 0.0329. The summed E-state index contributed by atoms with van der Waals surface area (Å²) in [5, 5.41) is 0. The summed E-state index contributed by atoms with van der Waals surface area (Å²) in [6.45, 7) is 0.204. The van der Waals surface area contributed by atoms with Crippen molar-refractivity contribution >= 4 is 5.97 Å². The lowest BCUT2D eigenvalue weighted by Gasteiger charge is -2.12. The molecule has 0 N–H and O–H groups in total. The number of ether oxygens (including phenoxy) is 2. The second kappa shape index (κ2) is 8.88. The molecule has 0 bridgehead atoms. The molecule has 0 saturated carbocycles. The molecule has 0 aliphatic rings. The van der Waals surface area contributed by atoms with E-state index in [9.17, 15) is 13.6 Å². The topological polar surface area (TPSA) is 35.5 Å². The molecule has 0 fully saturated rings. The lowest BCUT2D eigenvalue weighted by atomic mass is 10.1. The Hall–Kier alpha value is -2.43. The highest BCUT2D eigenvalue weighted by molar-refractivity contribution is 5.70. The molecule has 23 heavy (non-hydrogen) atoms. The van der Waals surface area contributed by atoms with E-state index in [1.807, 2.05) is 54.6 Å². The number of carbonyl (C=O) groups excluding carboxylic acids is 1. The van der Waals surface area contributed by atoms with E-state index < -0.39 is 18.8 Å². The van der Waals surface area contributed by atoms with Gasteiger partial charge in [-0.2, -0.15) is 0 Å². The number of hydrogen-bond acceptors (Lipinski definition) is 3. The van der Waals surface area contributed by atoms with E-state index in [1.54, 1.807) is 0 Å². The third-order valence-corrected chi connectivity index (χ3v) is 3.14. The quantitative estimate of drug-likeness (QED) is 0.537. The fraction of sp³-hybridized carbons (Fsp3) is 0.278. The third kappa shape index (κ3) is 5.70. The van der Waals surface area contributed by atoms with Crippen molar-refractivity contribution < 1.29 is 23.0 Å². The van der Waals surface area contributed by atoms with Crippen molar-refractivity contribution in [2.75, 3.05) is 13.2 Å². The third-order valence-electron chi connectivity index (χ3n) is 3.14. The molecular formula is C18H18F2O3. The van der Waals surface area contributed by atoms with Gasteiger partial charge in [-0.15, -0.1) is 0 Å². The monoisotopic (exact) mass is 320 g/mol. The van der Waals surface area contributed by atoms with E-state index >= 15 is 0 Å². The zero-order chi connectivity index (χ0) is 16.5. The number of hydrogen-bond donors (Lipinski definition) is 0. The van der Waals surface area contributed by atoms with Gasteiger partial charge in [-0.1, -0.05) is 48.5 Å². The van der Waals surface area contributed by atoms with Gasteiger partial charge in [0, 0.05) is 12.0 Å². The fourth-order valence-electron chi connectivity index (χ4n) is 2.05. The molecule has 0 spiro atoms. The van der Waals surface area contributed by atoms with Crippen molar-refractivity contribution in [1.82, 2.24) is 0 Å². The first kappa shape index (κ1) is 16.9. The van der Waals surface area contributed by atoms with Crippen LogP contribution in [0.2, 0.25) is 0 Å². The molecule has 0 heterocycles. The van der Waals surface area contributed by atoms with Crippen LogP contribution in [0, 0.1) is 0 Å². The molecule has 3 nitrogen and oxygen atoms in total. The van der Waals surface area contributed by atoms with E-state index in [0.717, 1.165) is 11.1 Å². The molecule has 0 aliphatic carbocycles. The Morgan fingerprint density at radius 1 is 0.957 bits per heavy atom. The molecule has 0 amide bonds. The zero-order valence-corrected chi connectivity index (χ0v) is 12.6. The molecular weight excluding hydrogens is 302 g/mol. The highest BCUT2D eigenvalue weighted by atomic mass is 19.3. The van der Waals surface area contributed by atoms with E-state index in [1.165, 1.54) is 0 Å². The van der Waals surface area contributed by atoms with Gasteiger partial charge in [0.2, 0.25) is 6.43 Å². The van der Waals surface area contributed by atoms with Crippen LogP contribution in [-0.4, -0.2) is 25.6 Å². The molecule has 5 heteroatoms. The molecule has 2 aromatic rings. The number of carbonyl (C=O) groups is 1. The smallest absolute Gasteiger partial charge is 0.306 e. The number of esters is 1. The summed E-state index contributed by atoms with van der Waals surface area (Å²) in [6.07, 6.45) is -3.24. The van der Waals surface area contributed by atoms with Gasteiger partial charge in [0.05, 0.1) is 6.42 Å². The first-order valence-corrected chi connectivity index (χ1v) is 7.38. The van der Waals surface area contributed by atoms with Gasteiger partial charge in [0.25, 0.3) is 0 Å². The number of rotatable bonds is 8. The van der Waals surface area contributed by atoms with Crippen molar-refractivity contribution in [3.63, 3.8) is 0 Å². The molecule has 0 radical (unpaired) electrons. The summed E-state index contributed by atoms with van der Waals surface area (Å²) in [5.74, 6) is 0.0487. The van der Waals surface area contributed by atoms with Crippen LogP contribution in [0.15, 0.2) is 54.6 Å². The van der Waals surface area contributed by atoms with Crippen LogP contribution in [0.3, 0.4) is 0 Å². The van der Waals surface area contributed by atoms with Gasteiger partial charge < -0.3 is 9.47 Å². The average molecular weight is 320 g/mol. The van der Waals surface area contributed by atoms with Crippen molar-refractivity contribution in [2.24, 2.45) is 0 Å². The fourth-order valence-corrected chi connectivity index (χ4v) is 2.05. The van der Waals surface area contributed by atoms with Crippen molar-refractivity contribution in [3.8, 4) is 16.9 Å². The zero-order valence-electron chi connectivity index (χ0n) is 12.6. The van der Waals surface area contributed by atoms with Crippen molar-refractivity contribution in [3.05, 3.63) is 54.6 Å². The minimum Gasteiger partial charge on any atom is -0.489 e. The molecule has 0 saturated heterocycles. The van der Waals surface area contributed by atoms with Crippen molar-refractivity contribution in [2.45, 2.75) is 19.3 Å². The predicted molar refractivity (Wildman–Crippen MR) is 83.6 cm³/mol. The van der Waals surface area contributed by atoms with Gasteiger partial charge in [-0.05, 0) is 11.6 Å². The average Bonchev–Trinajstić information content (AvgIpc) is 2.58. The lowest BCUT2D eigenvalue weighted by Crippen LogP contribution is -2.13. The summed E-state index contributed by atoms with van der Waals surface area (Å²) in [5.41, 5.74) is 1.97. The maximum atomic E-state index is 12.0. The van der Waals surface area contributed by atoms with Gasteiger partial charge >= 0.3 is 5.97 Å². The molecule has 122 valence electrons. The summed E-state index contributed by atoms with van der Waals surface area (Å²) >= 11 is 0. The van der Waals surface area contributed by atoms with Gasteiger partial charge in [0.15, 0.2) is 0 Å². The van der Waals surface area contributed by atoms with Crippen LogP contribution < -0.4 is 4.74 Å². The lowest BCUT2D eigenvalue weighted by molar-refractivity contribution is -0.145. The van der Waals surface area contributed by atoms with Gasteiger partial charge in [-0.3, -0.25) is 4.79 Å². The van der Waals surface area contributed by atoms with Crippen LogP contribution in [-0.2, 0) is 9.53 Å². The number of para-hydroxylation sites is 1. The Morgan fingerprint density at radius 2 is 1.65 bits per heavy atom. The minimum atomic E-state index is -2.49. The highest BCUT2D eigenvalue weighted by Crippen LogP contribution is 2.29. The van der Waals surface area contributed by atoms with Crippen LogP contribution in [0.5, 0.6) is 5.75 Å². The number of alkyl halides is 2. The molecule has 0 unspecified atom stereocenters. The standard InChI is InChI=1S/C18H18F2O3/c19-17(20)10-11-18(21)23-13-12-22-16-9-5-4-8-15(16)14-6-2-1-3-7-14/h1-9,17H,10-13H2. The first-order chi connectivity index (χ1) is 11.2. The molecule has 2 aromatic carbocycles. The van der Waals surface area contributed by atoms with Crippen molar-refractivity contribution in [1.29, 1.82) is 0 Å². The van der Waals surface area contributed by atoms with Gasteiger partial charge in [0.1, 0.15) is 19.0 Å². The number of halogens is 2. The number of benzene rings is 2. The maximum Gasteiger partial charge on any atom is 0.306 e. The summed E-state index contributed by atoms with van der Waals surface area (Å²) < 4.78 is 34.5. The molecule has 0 aliphatic heterocycles. The van der Waals surface area contributed by atoms with Crippen LogP contribution >= 0.6 is 0 Å². The maximum absolute atomic E-state index is 12.0. The Kier molecular flexibility index (Phi) is 6.54. The summed E-state index contributed by atoms with van der Waals surface area (Å²) in [6, 6.07) is 17.3. The van der Waals surface area contributed by atoms with E-state index in [4.69, 9.17) is 9.47 Å². The van der Waals surface area contributed by atoms with Gasteiger partial charge in [-0.25, -0.2) is 8.78 Å². The van der Waals surface area contributed by atoms with Crippen LogP contribution in [0.4, 0.5) is 8.78 Å². The first-order valence-electron chi connectivity index (χ1n) is 7.38. The molecule has 2 rings (SSSR count). The highest BCUT2D eigenvalue weighted by Gasteiger charge is 2.09. The second-order valence-electron chi connectivity index (χ2n) is 4.86. The Labute approximate surface area is 133 Å². The summed E-state index contributed by atoms with van der Waals surface area (Å²) in [7, 11) is 0. The van der Waals surface area contributed by atoms with Crippen LogP contribution in [0.1, 0.15) is 12.8 Å². The molecule has 0 aromatic heterocycles. The largest absolute Gasteiger partial charge is 0.489 e. The second-order valence-corrected chi connectivity index (χ2v) is 4.86. The van der Waals surface area contributed by atoms with E-state index in [0.29, 0.717) is 5.75 Å². The Morgan fingerprint density at radius 3 is 2.39 bits per heavy atom. The normalized spacial score (nSPS) is 10.6. The van der Waals surface area contributed by atoms with Crippen LogP contribution in [0.25, 0.3) is 11.1 Å². The Balaban J connectivity index is 1.84. The Bertz CT molecular complexity index is 615. The SMILES string of the molecule is O=C(CCC(F)F)OCCOc1ccccc1-c1ccccc1. The van der Waals surface area contributed by atoms with E-state index in [2.05, 4.69) is 0 Å².